The van der Waals surface area contributed by atoms with E-state index >= 15 is 0 Å². The Labute approximate surface area is 181 Å². The Hall–Kier alpha value is -3.39. The third kappa shape index (κ3) is 5.82. The van der Waals surface area contributed by atoms with E-state index in [1.54, 1.807) is 42.7 Å². The van der Waals surface area contributed by atoms with Crippen LogP contribution in [-0.2, 0) is 0 Å². The molecule has 1 saturated heterocycles. The molecule has 3 heterocycles. The fraction of sp³-hybridized carbons (Fsp3) is 0.348. The van der Waals surface area contributed by atoms with Gasteiger partial charge in [0.15, 0.2) is 0 Å². The van der Waals surface area contributed by atoms with E-state index in [4.69, 9.17) is 0 Å². The van der Waals surface area contributed by atoms with Gasteiger partial charge in [-0.15, -0.1) is 0 Å². The first kappa shape index (κ1) is 20.9. The van der Waals surface area contributed by atoms with Crippen molar-refractivity contribution in [1.29, 1.82) is 0 Å². The largest absolute Gasteiger partial charge is 0.352 e. The van der Waals surface area contributed by atoms with E-state index in [-0.39, 0.29) is 11.9 Å². The molecule has 31 heavy (non-hydrogen) atoms. The van der Waals surface area contributed by atoms with Crippen molar-refractivity contribution in [2.75, 3.05) is 36.8 Å². The molecular weight excluding hydrogens is 392 g/mol. The number of pyridine rings is 1. The van der Waals surface area contributed by atoms with Crippen molar-refractivity contribution >= 4 is 29.0 Å². The summed E-state index contributed by atoms with van der Waals surface area (Å²) in [6, 6.07) is 10.1. The molecule has 1 aromatic carbocycles. The lowest BCUT2D eigenvalue weighted by Gasteiger charge is -2.26. The highest BCUT2D eigenvalue weighted by Gasteiger charge is 2.10. The minimum atomic E-state index is -0.352. The van der Waals surface area contributed by atoms with Gasteiger partial charge in [0.05, 0.1) is 5.69 Å². The quantitative estimate of drug-likeness (QED) is 0.510. The number of carbonyl (C=O) groups excluding carboxylic acids is 2. The molecule has 0 bridgehead atoms. The number of aromatic nitrogens is 2. The molecule has 1 aliphatic heterocycles. The number of rotatable bonds is 7. The molecule has 3 amide bonds. The van der Waals surface area contributed by atoms with Gasteiger partial charge in [0, 0.05) is 36.4 Å². The lowest BCUT2D eigenvalue weighted by molar-refractivity contribution is 0.0951. The SMILES string of the molecule is O=C(Nc1ccc(C(=O)NCCCN2CCCCC2)cc1)Nc1ccc2nccn2c1. The molecule has 0 unspecified atom stereocenters. The number of piperidine rings is 1. The van der Waals surface area contributed by atoms with Crippen LogP contribution in [0.4, 0.5) is 16.2 Å². The number of hydrogen-bond acceptors (Lipinski definition) is 4. The summed E-state index contributed by atoms with van der Waals surface area (Å²) in [5, 5.41) is 8.54. The number of nitrogens with one attached hydrogen (secondary N) is 3. The number of carbonyl (C=O) groups is 2. The number of amides is 3. The Balaban J connectivity index is 1.21. The van der Waals surface area contributed by atoms with E-state index < -0.39 is 0 Å². The van der Waals surface area contributed by atoms with E-state index in [2.05, 4.69) is 25.8 Å². The van der Waals surface area contributed by atoms with E-state index in [0.717, 1.165) is 18.6 Å². The number of nitrogens with zero attached hydrogens (tertiary/aromatic N) is 3. The minimum absolute atomic E-state index is 0.0942. The Bertz CT molecular complexity index is 1020. The highest BCUT2D eigenvalue weighted by atomic mass is 16.2. The third-order valence-electron chi connectivity index (χ3n) is 5.44. The molecule has 8 nitrogen and oxygen atoms in total. The topological polar surface area (TPSA) is 90.8 Å². The monoisotopic (exact) mass is 420 g/mol. The number of likely N-dealkylation sites (tertiary alicyclic amines) is 1. The molecule has 3 N–H and O–H groups in total. The molecule has 3 aromatic rings. The molecule has 0 aliphatic carbocycles. The van der Waals surface area contributed by atoms with Gasteiger partial charge in [-0.05, 0) is 75.3 Å². The zero-order valence-electron chi connectivity index (χ0n) is 17.5. The summed E-state index contributed by atoms with van der Waals surface area (Å²) < 4.78 is 1.83. The van der Waals surface area contributed by atoms with Crippen LogP contribution in [0.15, 0.2) is 55.0 Å². The van der Waals surface area contributed by atoms with E-state index in [0.29, 0.717) is 23.5 Å². The van der Waals surface area contributed by atoms with E-state index in [9.17, 15) is 9.59 Å². The predicted octanol–water partition coefficient (Wildman–Crippen LogP) is 3.58. The normalized spacial score (nSPS) is 14.3. The number of hydrogen-bond donors (Lipinski definition) is 3. The standard InChI is InChI=1S/C23H28N6O2/c30-22(25-11-4-15-28-13-2-1-3-14-28)18-5-7-19(8-6-18)26-23(31)27-20-9-10-21-24-12-16-29(21)17-20/h5-10,12,16-17H,1-4,11,13-15H2,(H,25,30)(H2,26,27,31). The van der Waals surface area contributed by atoms with Gasteiger partial charge < -0.3 is 25.3 Å². The van der Waals surface area contributed by atoms with E-state index in [1.807, 2.05) is 16.7 Å². The van der Waals surface area contributed by atoms with Gasteiger partial charge in [0.25, 0.3) is 5.91 Å². The molecule has 162 valence electrons. The van der Waals surface area contributed by atoms with Crippen LogP contribution in [0.3, 0.4) is 0 Å². The number of fused-ring (bicyclic) bond motifs is 1. The zero-order chi connectivity index (χ0) is 21.5. The first-order valence-electron chi connectivity index (χ1n) is 10.8. The van der Waals surface area contributed by atoms with Crippen LogP contribution in [0.5, 0.6) is 0 Å². The highest BCUT2D eigenvalue weighted by molar-refractivity contribution is 6.00. The second kappa shape index (κ2) is 10.1. The van der Waals surface area contributed by atoms with Gasteiger partial charge >= 0.3 is 6.03 Å². The van der Waals surface area contributed by atoms with Gasteiger partial charge in [-0.2, -0.15) is 0 Å². The third-order valence-corrected chi connectivity index (χ3v) is 5.44. The van der Waals surface area contributed by atoms with Crippen molar-refractivity contribution in [2.24, 2.45) is 0 Å². The summed E-state index contributed by atoms with van der Waals surface area (Å²) in [5.74, 6) is -0.0942. The molecule has 2 aromatic heterocycles. The second-order valence-corrected chi connectivity index (χ2v) is 7.78. The van der Waals surface area contributed by atoms with Crippen LogP contribution in [0.1, 0.15) is 36.0 Å². The highest BCUT2D eigenvalue weighted by Crippen LogP contribution is 2.13. The maximum absolute atomic E-state index is 12.3. The average Bonchev–Trinajstić information content (AvgIpc) is 3.25. The van der Waals surface area contributed by atoms with Crippen LogP contribution >= 0.6 is 0 Å². The van der Waals surface area contributed by atoms with E-state index in [1.165, 1.54) is 32.4 Å². The van der Waals surface area contributed by atoms with Crippen molar-refractivity contribution in [1.82, 2.24) is 19.6 Å². The average molecular weight is 421 g/mol. The maximum Gasteiger partial charge on any atom is 0.323 e. The van der Waals surface area contributed by atoms with Crippen LogP contribution in [0.25, 0.3) is 5.65 Å². The maximum atomic E-state index is 12.3. The predicted molar refractivity (Wildman–Crippen MR) is 122 cm³/mol. The Morgan fingerprint density at radius 3 is 2.48 bits per heavy atom. The molecule has 0 radical (unpaired) electrons. The fourth-order valence-corrected chi connectivity index (χ4v) is 3.78. The number of benzene rings is 1. The summed E-state index contributed by atoms with van der Waals surface area (Å²) >= 11 is 0. The number of imidazole rings is 1. The summed E-state index contributed by atoms with van der Waals surface area (Å²) in [7, 11) is 0. The molecule has 0 spiro atoms. The summed E-state index contributed by atoms with van der Waals surface area (Å²) in [5.41, 5.74) is 2.66. The molecule has 0 atom stereocenters. The van der Waals surface area contributed by atoms with Crippen LogP contribution < -0.4 is 16.0 Å². The Morgan fingerprint density at radius 2 is 1.68 bits per heavy atom. The van der Waals surface area contributed by atoms with Crippen LogP contribution in [-0.4, -0.2) is 52.4 Å². The molecule has 1 fully saturated rings. The Morgan fingerprint density at radius 1 is 0.935 bits per heavy atom. The first-order chi connectivity index (χ1) is 15.2. The van der Waals surface area contributed by atoms with Gasteiger partial charge in [-0.1, -0.05) is 6.42 Å². The van der Waals surface area contributed by atoms with Gasteiger partial charge in [0.1, 0.15) is 5.65 Å². The minimum Gasteiger partial charge on any atom is -0.352 e. The van der Waals surface area contributed by atoms with Crippen molar-refractivity contribution < 1.29 is 9.59 Å². The molecule has 1 aliphatic rings. The van der Waals surface area contributed by atoms with Crippen molar-refractivity contribution in [3.63, 3.8) is 0 Å². The summed E-state index contributed by atoms with van der Waals surface area (Å²) in [4.78, 5) is 31.2. The molecule has 4 rings (SSSR count). The number of anilines is 2. The summed E-state index contributed by atoms with van der Waals surface area (Å²) in [6.07, 6.45) is 10.2. The van der Waals surface area contributed by atoms with Crippen LogP contribution in [0.2, 0.25) is 0 Å². The van der Waals surface area contributed by atoms with Crippen molar-refractivity contribution in [2.45, 2.75) is 25.7 Å². The van der Waals surface area contributed by atoms with Crippen molar-refractivity contribution in [3.8, 4) is 0 Å². The smallest absolute Gasteiger partial charge is 0.323 e. The lowest BCUT2D eigenvalue weighted by atomic mass is 10.1. The second-order valence-electron chi connectivity index (χ2n) is 7.78. The number of urea groups is 1. The summed E-state index contributed by atoms with van der Waals surface area (Å²) in [6.45, 7) is 4.05. The van der Waals surface area contributed by atoms with Crippen LogP contribution in [0, 0.1) is 0 Å². The molecule has 0 saturated carbocycles. The van der Waals surface area contributed by atoms with Gasteiger partial charge in [-0.3, -0.25) is 4.79 Å². The lowest BCUT2D eigenvalue weighted by Crippen LogP contribution is -2.33. The molecule has 8 heteroatoms. The first-order valence-corrected chi connectivity index (χ1v) is 10.8. The zero-order valence-corrected chi connectivity index (χ0v) is 17.5. The fourth-order valence-electron chi connectivity index (χ4n) is 3.78. The van der Waals surface area contributed by atoms with Gasteiger partial charge in [-0.25, -0.2) is 9.78 Å². The molecular formula is C23H28N6O2. The Kier molecular flexibility index (Phi) is 6.78. The van der Waals surface area contributed by atoms with Crippen molar-refractivity contribution in [3.05, 3.63) is 60.6 Å². The van der Waals surface area contributed by atoms with Gasteiger partial charge in [0.2, 0.25) is 0 Å².